The van der Waals surface area contributed by atoms with E-state index in [0.717, 1.165) is 33.8 Å². The summed E-state index contributed by atoms with van der Waals surface area (Å²) in [6.07, 6.45) is 3.15. The predicted octanol–water partition coefficient (Wildman–Crippen LogP) is 5.54. The van der Waals surface area contributed by atoms with Crippen LogP contribution in [-0.4, -0.2) is 5.78 Å². The molecule has 2 aliphatic rings. The smallest absolute Gasteiger partial charge is 0.143 e. The maximum absolute atomic E-state index is 14.8. The number of nitrogens with one attached hydrogen (secondary N) is 1. The third-order valence-electron chi connectivity index (χ3n) is 5.63. The topological polar surface area (TPSA) is 29.1 Å². The summed E-state index contributed by atoms with van der Waals surface area (Å²) >= 11 is 0. The van der Waals surface area contributed by atoms with Crippen LogP contribution in [0.15, 0.2) is 66.4 Å². The van der Waals surface area contributed by atoms with Crippen molar-refractivity contribution in [3.05, 3.63) is 89.1 Å². The number of carbonyl (C=O) groups excluding carboxylic acids is 1. The third-order valence-corrected chi connectivity index (χ3v) is 5.63. The number of ketones is 1. The SMILES string of the molecule is O=C1CCC=C2Nc3ccc4ccccc4c3[C@@H](c3ccc(F)cc3F)[C@H]12. The summed E-state index contributed by atoms with van der Waals surface area (Å²) in [7, 11) is 0. The predicted molar refractivity (Wildman–Crippen MR) is 102 cm³/mol. The fraction of sp³-hybridized carbons (Fsp3) is 0.174. The zero-order valence-corrected chi connectivity index (χ0v) is 14.5. The van der Waals surface area contributed by atoms with Crippen LogP contribution in [0.1, 0.15) is 29.9 Å². The number of fused-ring (bicyclic) bond motifs is 4. The van der Waals surface area contributed by atoms with Gasteiger partial charge in [-0.3, -0.25) is 4.79 Å². The highest BCUT2D eigenvalue weighted by atomic mass is 19.1. The van der Waals surface area contributed by atoms with Gasteiger partial charge in [0.1, 0.15) is 17.4 Å². The zero-order chi connectivity index (χ0) is 18.5. The summed E-state index contributed by atoms with van der Waals surface area (Å²) in [6.45, 7) is 0. The minimum Gasteiger partial charge on any atom is -0.358 e. The van der Waals surface area contributed by atoms with E-state index in [1.165, 1.54) is 12.1 Å². The van der Waals surface area contributed by atoms with Gasteiger partial charge in [0, 0.05) is 29.8 Å². The molecule has 0 aromatic heterocycles. The van der Waals surface area contributed by atoms with Gasteiger partial charge in [-0.2, -0.15) is 0 Å². The van der Waals surface area contributed by atoms with Gasteiger partial charge in [-0.05, 0) is 40.5 Å². The van der Waals surface area contributed by atoms with Crippen molar-refractivity contribution in [3.8, 4) is 0 Å². The molecule has 5 rings (SSSR count). The Balaban J connectivity index is 1.85. The van der Waals surface area contributed by atoms with Crippen LogP contribution in [0.3, 0.4) is 0 Å². The molecule has 1 N–H and O–H groups in total. The number of allylic oxidation sites excluding steroid dienone is 2. The van der Waals surface area contributed by atoms with E-state index < -0.39 is 23.5 Å². The maximum Gasteiger partial charge on any atom is 0.143 e. The second-order valence-electron chi connectivity index (χ2n) is 7.16. The van der Waals surface area contributed by atoms with Crippen molar-refractivity contribution in [1.82, 2.24) is 0 Å². The molecule has 1 heterocycles. The molecule has 3 aromatic rings. The molecule has 0 unspecified atom stereocenters. The van der Waals surface area contributed by atoms with Gasteiger partial charge in [-0.15, -0.1) is 0 Å². The first-order valence-corrected chi connectivity index (χ1v) is 9.10. The normalized spacial score (nSPS) is 21.3. The Morgan fingerprint density at radius 1 is 0.963 bits per heavy atom. The molecule has 3 aromatic carbocycles. The van der Waals surface area contributed by atoms with E-state index in [1.807, 2.05) is 42.5 Å². The first-order chi connectivity index (χ1) is 13.1. The fourth-order valence-corrected chi connectivity index (χ4v) is 4.47. The fourth-order valence-electron chi connectivity index (χ4n) is 4.47. The van der Waals surface area contributed by atoms with Crippen molar-refractivity contribution in [1.29, 1.82) is 0 Å². The molecular formula is C23H17F2NO. The largest absolute Gasteiger partial charge is 0.358 e. The summed E-state index contributed by atoms with van der Waals surface area (Å²) in [5.74, 6) is -2.09. The van der Waals surface area contributed by atoms with Crippen LogP contribution in [0.5, 0.6) is 0 Å². The van der Waals surface area contributed by atoms with E-state index in [4.69, 9.17) is 0 Å². The Morgan fingerprint density at radius 2 is 1.81 bits per heavy atom. The monoisotopic (exact) mass is 361 g/mol. The summed E-state index contributed by atoms with van der Waals surface area (Å²) < 4.78 is 28.4. The van der Waals surface area contributed by atoms with Crippen LogP contribution in [0.4, 0.5) is 14.5 Å². The summed E-state index contributed by atoms with van der Waals surface area (Å²) in [6, 6.07) is 15.5. The third kappa shape index (κ3) is 2.47. The highest BCUT2D eigenvalue weighted by Crippen LogP contribution is 2.49. The molecule has 0 saturated heterocycles. The van der Waals surface area contributed by atoms with Crippen molar-refractivity contribution >= 4 is 22.2 Å². The summed E-state index contributed by atoms with van der Waals surface area (Å²) in [5.41, 5.74) is 2.96. The number of halogens is 2. The van der Waals surface area contributed by atoms with E-state index in [0.29, 0.717) is 18.4 Å². The number of rotatable bonds is 1. The number of benzene rings is 3. The van der Waals surface area contributed by atoms with Gasteiger partial charge in [0.15, 0.2) is 0 Å². The quantitative estimate of drug-likeness (QED) is 0.617. The van der Waals surface area contributed by atoms with Gasteiger partial charge in [-0.25, -0.2) is 8.78 Å². The number of Topliss-reactive ketones (excluding diaryl/α,β-unsaturated/α-hetero) is 1. The van der Waals surface area contributed by atoms with Crippen LogP contribution >= 0.6 is 0 Å². The second kappa shape index (κ2) is 6.02. The van der Waals surface area contributed by atoms with Crippen molar-refractivity contribution in [2.24, 2.45) is 5.92 Å². The van der Waals surface area contributed by atoms with Crippen LogP contribution in [0.2, 0.25) is 0 Å². The van der Waals surface area contributed by atoms with Crippen LogP contribution in [0.25, 0.3) is 10.8 Å². The highest BCUT2D eigenvalue weighted by molar-refractivity contribution is 5.96. The molecule has 0 fully saturated rings. The van der Waals surface area contributed by atoms with E-state index in [9.17, 15) is 13.6 Å². The van der Waals surface area contributed by atoms with Crippen LogP contribution in [0, 0.1) is 17.6 Å². The minimum atomic E-state index is -0.617. The first-order valence-electron chi connectivity index (χ1n) is 9.10. The summed E-state index contributed by atoms with van der Waals surface area (Å²) in [4.78, 5) is 12.9. The van der Waals surface area contributed by atoms with Crippen LogP contribution in [-0.2, 0) is 4.79 Å². The maximum atomic E-state index is 14.8. The molecule has 4 heteroatoms. The van der Waals surface area contributed by atoms with Crippen molar-refractivity contribution in [3.63, 3.8) is 0 Å². The number of hydrogen-bond donors (Lipinski definition) is 1. The average molecular weight is 361 g/mol. The second-order valence-corrected chi connectivity index (χ2v) is 7.16. The molecule has 27 heavy (non-hydrogen) atoms. The van der Waals surface area contributed by atoms with E-state index >= 15 is 0 Å². The van der Waals surface area contributed by atoms with Crippen molar-refractivity contribution in [2.45, 2.75) is 18.8 Å². The van der Waals surface area contributed by atoms with E-state index in [1.54, 1.807) is 0 Å². The Morgan fingerprint density at radius 3 is 2.67 bits per heavy atom. The molecule has 134 valence electrons. The summed E-state index contributed by atoms with van der Waals surface area (Å²) in [5, 5.41) is 5.40. The van der Waals surface area contributed by atoms with Crippen molar-refractivity contribution < 1.29 is 13.6 Å². The lowest BCUT2D eigenvalue weighted by molar-refractivity contribution is -0.122. The lowest BCUT2D eigenvalue weighted by atomic mass is 9.70. The van der Waals surface area contributed by atoms with Gasteiger partial charge in [0.05, 0.1) is 5.92 Å². The lowest BCUT2D eigenvalue weighted by Crippen LogP contribution is -2.35. The first kappa shape index (κ1) is 16.2. The zero-order valence-electron chi connectivity index (χ0n) is 14.5. The number of hydrogen-bond acceptors (Lipinski definition) is 2. The Bertz CT molecular complexity index is 1120. The molecule has 1 aliphatic carbocycles. The molecule has 0 spiro atoms. The molecule has 0 saturated carbocycles. The Hall–Kier alpha value is -3.01. The molecule has 0 amide bonds. The minimum absolute atomic E-state index is 0.0901. The number of carbonyl (C=O) groups is 1. The van der Waals surface area contributed by atoms with E-state index in [-0.39, 0.29) is 5.78 Å². The highest BCUT2D eigenvalue weighted by Gasteiger charge is 2.41. The van der Waals surface area contributed by atoms with Gasteiger partial charge >= 0.3 is 0 Å². The lowest BCUT2D eigenvalue weighted by Gasteiger charge is -2.38. The standard InChI is InChI=1S/C23H17F2NO/c24-14-9-10-16(17(25)12-14)22-21-15-5-2-1-4-13(15)8-11-19(21)26-18-6-3-7-20(27)23(18)22/h1-2,4-6,8-12,22-23,26H,3,7H2/t22-,23+/m1/s1. The molecule has 2 nitrogen and oxygen atoms in total. The van der Waals surface area contributed by atoms with E-state index in [2.05, 4.69) is 5.32 Å². The molecule has 1 aliphatic heterocycles. The molecular weight excluding hydrogens is 344 g/mol. The molecule has 0 bridgehead atoms. The molecule has 0 radical (unpaired) electrons. The Labute approximate surface area is 155 Å². The average Bonchev–Trinajstić information content (AvgIpc) is 2.67. The van der Waals surface area contributed by atoms with Gasteiger partial charge < -0.3 is 5.32 Å². The van der Waals surface area contributed by atoms with Gasteiger partial charge in [-0.1, -0.05) is 42.5 Å². The van der Waals surface area contributed by atoms with Crippen molar-refractivity contribution in [2.75, 3.05) is 5.32 Å². The molecule has 2 atom stereocenters. The van der Waals surface area contributed by atoms with Crippen LogP contribution < -0.4 is 5.32 Å². The Kier molecular flexibility index (Phi) is 3.61. The van der Waals surface area contributed by atoms with Gasteiger partial charge in [0.25, 0.3) is 0 Å². The number of anilines is 1. The van der Waals surface area contributed by atoms with Gasteiger partial charge in [0.2, 0.25) is 0 Å².